The Morgan fingerprint density at radius 2 is 2.07 bits per heavy atom. The van der Waals surface area contributed by atoms with E-state index in [1.807, 2.05) is 22.7 Å². The van der Waals surface area contributed by atoms with Crippen LogP contribution in [0.5, 0.6) is 0 Å². The number of nitrogens with zero attached hydrogens (tertiary/aromatic N) is 5. The van der Waals surface area contributed by atoms with E-state index in [0.29, 0.717) is 22.5 Å². The highest BCUT2D eigenvalue weighted by Gasteiger charge is 2.34. The normalized spacial score (nSPS) is 16.5. The van der Waals surface area contributed by atoms with E-state index in [2.05, 4.69) is 32.7 Å². The van der Waals surface area contributed by atoms with Gasteiger partial charge in [-0.3, -0.25) is 9.20 Å². The van der Waals surface area contributed by atoms with E-state index in [-0.39, 0.29) is 18.3 Å². The Hall–Kier alpha value is -2.79. The Kier molecular flexibility index (Phi) is 4.17. The van der Waals surface area contributed by atoms with E-state index in [0.717, 1.165) is 14.9 Å². The van der Waals surface area contributed by atoms with E-state index in [9.17, 15) is 9.18 Å². The summed E-state index contributed by atoms with van der Waals surface area (Å²) >= 11 is 2.21. The number of aryl methyl sites for hydroxylation is 1. The van der Waals surface area contributed by atoms with Crippen LogP contribution in [0, 0.1) is 16.4 Å². The molecule has 9 heteroatoms. The van der Waals surface area contributed by atoms with Gasteiger partial charge in [-0.05, 0) is 65.4 Å². The van der Waals surface area contributed by atoms with Gasteiger partial charge in [0.1, 0.15) is 27.0 Å². The van der Waals surface area contributed by atoms with Crippen molar-refractivity contribution in [2.45, 2.75) is 13.1 Å². The van der Waals surface area contributed by atoms with Crippen LogP contribution in [-0.2, 0) is 0 Å². The van der Waals surface area contributed by atoms with Gasteiger partial charge in [0.05, 0.1) is 18.9 Å². The highest BCUT2D eigenvalue weighted by Crippen LogP contribution is 2.32. The van der Waals surface area contributed by atoms with Crippen LogP contribution in [0.2, 0.25) is 0 Å². The van der Waals surface area contributed by atoms with Crippen molar-refractivity contribution in [3.63, 3.8) is 0 Å². The molecule has 1 aromatic carbocycles. The van der Waals surface area contributed by atoms with Crippen molar-refractivity contribution in [3.05, 3.63) is 69.7 Å². The van der Waals surface area contributed by atoms with Gasteiger partial charge in [0.2, 0.25) is 0 Å². The number of carbonyl (C=O) groups excluding carboxylic acids is 1. The number of benzene rings is 1. The molecule has 1 aliphatic heterocycles. The number of anilines is 1. The molecule has 7 nitrogen and oxygen atoms in total. The summed E-state index contributed by atoms with van der Waals surface area (Å²) in [7, 11) is 0. The molecule has 29 heavy (non-hydrogen) atoms. The Balaban J connectivity index is 1.63. The second kappa shape index (κ2) is 6.63. The van der Waals surface area contributed by atoms with E-state index in [1.54, 1.807) is 41.0 Å². The van der Waals surface area contributed by atoms with Gasteiger partial charge in [-0.2, -0.15) is 5.10 Å². The van der Waals surface area contributed by atoms with Gasteiger partial charge in [0.25, 0.3) is 5.91 Å². The third-order valence-corrected chi connectivity index (χ3v) is 5.95. The van der Waals surface area contributed by atoms with Crippen molar-refractivity contribution in [1.29, 1.82) is 0 Å². The van der Waals surface area contributed by atoms with Gasteiger partial charge >= 0.3 is 0 Å². The van der Waals surface area contributed by atoms with E-state index in [1.165, 1.54) is 6.07 Å². The number of pyridine rings is 1. The fourth-order valence-electron chi connectivity index (χ4n) is 3.64. The van der Waals surface area contributed by atoms with Crippen LogP contribution in [0.15, 0.2) is 48.9 Å². The summed E-state index contributed by atoms with van der Waals surface area (Å²) in [6, 6.07) is 8.43. The highest BCUT2D eigenvalue weighted by molar-refractivity contribution is 14.1. The predicted octanol–water partition coefficient (Wildman–Crippen LogP) is 3.37. The lowest BCUT2D eigenvalue weighted by Gasteiger charge is -2.32. The molecular weight excluding hydrogens is 486 g/mol. The number of nitrogens with two attached hydrogens (primary N) is 1. The van der Waals surface area contributed by atoms with Crippen LogP contribution in [0.3, 0.4) is 0 Å². The molecule has 0 aliphatic carbocycles. The molecular formula is C20H16FIN6O. The molecule has 4 aromatic rings. The predicted molar refractivity (Wildman–Crippen MR) is 115 cm³/mol. The van der Waals surface area contributed by atoms with Crippen molar-refractivity contribution in [3.8, 4) is 11.1 Å². The van der Waals surface area contributed by atoms with Gasteiger partial charge in [-0.25, -0.2) is 14.1 Å². The van der Waals surface area contributed by atoms with Crippen molar-refractivity contribution in [1.82, 2.24) is 19.2 Å². The maximum atomic E-state index is 13.7. The SMILES string of the molecule is Cc1cc(N2C[C@H](N)n3ncc(-c4ccc5ncc(I)n5c4)c3C2=O)ccc1F. The number of aromatic nitrogens is 4. The van der Waals surface area contributed by atoms with Crippen LogP contribution >= 0.6 is 22.6 Å². The topological polar surface area (TPSA) is 81.4 Å². The van der Waals surface area contributed by atoms with Crippen LogP contribution in [0.25, 0.3) is 16.8 Å². The molecule has 2 N–H and O–H groups in total. The molecule has 0 bridgehead atoms. The van der Waals surface area contributed by atoms with Gasteiger partial charge < -0.3 is 10.6 Å². The van der Waals surface area contributed by atoms with Crippen molar-refractivity contribution >= 4 is 39.8 Å². The number of hydrogen-bond donors (Lipinski definition) is 1. The molecule has 0 fully saturated rings. The molecule has 0 spiro atoms. The van der Waals surface area contributed by atoms with Gasteiger partial charge in [-0.15, -0.1) is 0 Å². The number of amides is 1. The quantitative estimate of drug-likeness (QED) is 0.427. The Morgan fingerprint density at radius 1 is 1.24 bits per heavy atom. The summed E-state index contributed by atoms with van der Waals surface area (Å²) in [6.07, 6.45) is 4.88. The zero-order valence-electron chi connectivity index (χ0n) is 15.4. The minimum atomic E-state index is -0.501. The standard InChI is InChI=1S/C20H16FIN6O/c1-11-6-13(3-4-15(11)21)26-10-17(23)28-19(20(26)29)14(7-25-28)12-2-5-18-24-8-16(22)27(18)9-12/h2-9,17H,10,23H2,1H3/t17-/m1/s1. The maximum Gasteiger partial charge on any atom is 0.277 e. The summed E-state index contributed by atoms with van der Waals surface area (Å²) in [5, 5.41) is 4.37. The lowest BCUT2D eigenvalue weighted by atomic mass is 10.1. The number of carbonyl (C=O) groups is 1. The van der Waals surface area contributed by atoms with Crippen molar-refractivity contribution < 1.29 is 9.18 Å². The Bertz CT molecular complexity index is 1280. The van der Waals surface area contributed by atoms with Gasteiger partial charge in [0.15, 0.2) is 0 Å². The minimum Gasteiger partial charge on any atom is -0.308 e. The smallest absolute Gasteiger partial charge is 0.277 e. The first kappa shape index (κ1) is 18.3. The van der Waals surface area contributed by atoms with Crippen LogP contribution in [0.1, 0.15) is 22.2 Å². The molecule has 1 amide bonds. The summed E-state index contributed by atoms with van der Waals surface area (Å²) in [5.41, 5.74) is 10.2. The zero-order chi connectivity index (χ0) is 20.3. The number of halogens is 2. The van der Waals surface area contributed by atoms with E-state index >= 15 is 0 Å². The molecule has 0 saturated heterocycles. The first-order chi connectivity index (χ1) is 13.9. The largest absolute Gasteiger partial charge is 0.308 e. The van der Waals surface area contributed by atoms with Gasteiger partial charge in [0, 0.05) is 23.0 Å². The molecule has 3 aromatic heterocycles. The fourth-order valence-corrected chi connectivity index (χ4v) is 4.17. The molecule has 0 unspecified atom stereocenters. The number of imidazole rings is 1. The minimum absolute atomic E-state index is 0.217. The number of rotatable bonds is 2. The third kappa shape index (κ3) is 2.84. The maximum absolute atomic E-state index is 13.7. The van der Waals surface area contributed by atoms with E-state index < -0.39 is 6.17 Å². The lowest BCUT2D eigenvalue weighted by molar-refractivity contribution is 0.0952. The molecule has 4 heterocycles. The summed E-state index contributed by atoms with van der Waals surface area (Å²) in [6.45, 7) is 1.93. The van der Waals surface area contributed by atoms with Crippen LogP contribution in [0.4, 0.5) is 10.1 Å². The Morgan fingerprint density at radius 3 is 2.86 bits per heavy atom. The molecule has 5 rings (SSSR count). The highest BCUT2D eigenvalue weighted by atomic mass is 127. The van der Waals surface area contributed by atoms with Crippen molar-refractivity contribution in [2.75, 3.05) is 11.4 Å². The molecule has 146 valence electrons. The molecule has 0 radical (unpaired) electrons. The second-order valence-corrected chi connectivity index (χ2v) is 8.10. The Labute approximate surface area is 179 Å². The average molecular weight is 502 g/mol. The molecule has 0 saturated carbocycles. The first-order valence-corrected chi connectivity index (χ1v) is 10.1. The number of hydrogen-bond acceptors (Lipinski definition) is 4. The van der Waals surface area contributed by atoms with Crippen molar-refractivity contribution in [2.24, 2.45) is 5.73 Å². The van der Waals surface area contributed by atoms with Crippen LogP contribution in [-0.4, -0.2) is 31.6 Å². The lowest BCUT2D eigenvalue weighted by Crippen LogP contribution is -2.46. The average Bonchev–Trinajstić information content (AvgIpc) is 3.31. The van der Waals surface area contributed by atoms with E-state index in [4.69, 9.17) is 5.73 Å². The number of fused-ring (bicyclic) bond motifs is 2. The fraction of sp³-hybridized carbons (Fsp3) is 0.150. The summed E-state index contributed by atoms with van der Waals surface area (Å²) in [4.78, 5) is 19.3. The third-order valence-electron chi connectivity index (χ3n) is 5.15. The summed E-state index contributed by atoms with van der Waals surface area (Å²) in [5.74, 6) is -0.526. The first-order valence-electron chi connectivity index (χ1n) is 8.98. The zero-order valence-corrected chi connectivity index (χ0v) is 17.5. The summed E-state index contributed by atoms with van der Waals surface area (Å²) < 4.78 is 18.2. The van der Waals surface area contributed by atoms with Crippen LogP contribution < -0.4 is 10.6 Å². The monoisotopic (exact) mass is 502 g/mol. The second-order valence-electron chi connectivity index (χ2n) is 6.99. The molecule has 1 atom stereocenters. The van der Waals surface area contributed by atoms with Gasteiger partial charge in [-0.1, -0.05) is 0 Å². The molecule has 1 aliphatic rings.